The molecule has 18 heavy (non-hydrogen) atoms. The Balaban J connectivity index is 1.76. The number of fused-ring (bicyclic) bond motifs is 1. The first-order valence-corrected chi connectivity index (χ1v) is 6.84. The minimum absolute atomic E-state index is 0.0330. The van der Waals surface area contributed by atoms with E-state index < -0.39 is 0 Å². The number of aliphatic hydroxyl groups is 1. The fourth-order valence-corrected chi connectivity index (χ4v) is 3.49. The number of aliphatic hydroxyl groups excluding tert-OH is 1. The average Bonchev–Trinajstić information content (AvgIpc) is 2.91. The van der Waals surface area contributed by atoms with Crippen LogP contribution in [0, 0.1) is 5.41 Å². The maximum Gasteiger partial charge on any atom is 0.0887 e. The maximum absolute atomic E-state index is 9.77. The molecule has 1 heterocycles. The van der Waals surface area contributed by atoms with E-state index in [2.05, 4.69) is 36.3 Å². The summed E-state index contributed by atoms with van der Waals surface area (Å²) in [6, 6.07) is 10.7. The molecule has 1 N–H and O–H groups in total. The van der Waals surface area contributed by atoms with Crippen LogP contribution in [0.4, 0.5) is 0 Å². The Morgan fingerprint density at radius 3 is 2.83 bits per heavy atom. The van der Waals surface area contributed by atoms with Crippen LogP contribution >= 0.6 is 0 Å². The summed E-state index contributed by atoms with van der Waals surface area (Å²) in [6.45, 7) is 3.23. The molecular formula is C15H21NO2. The fourth-order valence-electron chi connectivity index (χ4n) is 3.49. The van der Waals surface area contributed by atoms with Gasteiger partial charge in [0.2, 0.25) is 0 Å². The predicted molar refractivity (Wildman–Crippen MR) is 69.7 cm³/mol. The standard InChI is InChI=1S/C15H21NO2/c1-12-15(11-17)9-5-8-14(15)18-16(12)10-13-6-3-2-4-7-13/h2-4,6-7,12,14,17H,5,8-11H2,1H3/t12-,14+,15-/m0/s1. The van der Waals surface area contributed by atoms with E-state index in [0.29, 0.717) is 0 Å². The monoisotopic (exact) mass is 247 g/mol. The Labute approximate surface area is 108 Å². The van der Waals surface area contributed by atoms with Gasteiger partial charge in [0.25, 0.3) is 0 Å². The molecule has 1 aromatic rings. The molecule has 0 spiro atoms. The Bertz CT molecular complexity index is 408. The van der Waals surface area contributed by atoms with Crippen LogP contribution in [-0.4, -0.2) is 28.9 Å². The lowest BCUT2D eigenvalue weighted by atomic mass is 9.79. The number of rotatable bonds is 3. The van der Waals surface area contributed by atoms with E-state index in [1.807, 2.05) is 6.07 Å². The van der Waals surface area contributed by atoms with Crippen LogP contribution in [0.15, 0.2) is 30.3 Å². The highest BCUT2D eigenvalue weighted by atomic mass is 16.7. The van der Waals surface area contributed by atoms with E-state index in [9.17, 15) is 5.11 Å². The van der Waals surface area contributed by atoms with Crippen LogP contribution in [0.1, 0.15) is 31.7 Å². The molecule has 3 nitrogen and oxygen atoms in total. The largest absolute Gasteiger partial charge is 0.396 e. The predicted octanol–water partition coefficient (Wildman–Crippen LogP) is 2.35. The molecule has 1 saturated heterocycles. The summed E-state index contributed by atoms with van der Waals surface area (Å²) in [5.74, 6) is 0. The summed E-state index contributed by atoms with van der Waals surface area (Å²) < 4.78 is 0. The van der Waals surface area contributed by atoms with Gasteiger partial charge in [-0.1, -0.05) is 30.3 Å². The second-order valence-corrected chi connectivity index (χ2v) is 5.61. The van der Waals surface area contributed by atoms with Gasteiger partial charge in [-0.05, 0) is 31.7 Å². The summed E-state index contributed by atoms with van der Waals surface area (Å²) in [5, 5.41) is 11.8. The van der Waals surface area contributed by atoms with Crippen molar-refractivity contribution in [2.45, 2.75) is 44.9 Å². The summed E-state index contributed by atoms with van der Waals surface area (Å²) >= 11 is 0. The van der Waals surface area contributed by atoms with Crippen LogP contribution in [0.2, 0.25) is 0 Å². The molecule has 1 aliphatic heterocycles. The molecule has 0 radical (unpaired) electrons. The first-order valence-electron chi connectivity index (χ1n) is 6.84. The normalized spacial score (nSPS) is 35.9. The van der Waals surface area contributed by atoms with Gasteiger partial charge in [-0.3, -0.25) is 4.84 Å². The van der Waals surface area contributed by atoms with Gasteiger partial charge in [0.05, 0.1) is 12.7 Å². The molecule has 2 aliphatic rings. The van der Waals surface area contributed by atoms with E-state index in [1.54, 1.807) is 0 Å². The van der Waals surface area contributed by atoms with Crippen molar-refractivity contribution in [3.05, 3.63) is 35.9 Å². The van der Waals surface area contributed by atoms with Gasteiger partial charge in [0.1, 0.15) is 0 Å². The summed E-state index contributed by atoms with van der Waals surface area (Å²) in [7, 11) is 0. The molecule has 1 aromatic carbocycles. The van der Waals surface area contributed by atoms with Crippen LogP contribution in [0.25, 0.3) is 0 Å². The highest BCUT2D eigenvalue weighted by Gasteiger charge is 2.55. The molecule has 3 rings (SSSR count). The summed E-state index contributed by atoms with van der Waals surface area (Å²) in [5.41, 5.74) is 1.23. The first-order chi connectivity index (χ1) is 8.76. The van der Waals surface area contributed by atoms with Crippen molar-refractivity contribution >= 4 is 0 Å². The topological polar surface area (TPSA) is 32.7 Å². The van der Waals surface area contributed by atoms with E-state index in [0.717, 1.165) is 19.4 Å². The van der Waals surface area contributed by atoms with Crippen LogP contribution in [0.5, 0.6) is 0 Å². The zero-order valence-corrected chi connectivity index (χ0v) is 10.9. The SMILES string of the molecule is C[C@@H]1N(Cc2ccccc2)O[C@@H]2CCC[C@]12CO. The zero-order chi connectivity index (χ0) is 12.6. The smallest absolute Gasteiger partial charge is 0.0887 e. The second kappa shape index (κ2) is 4.65. The molecule has 98 valence electrons. The molecule has 0 unspecified atom stereocenters. The van der Waals surface area contributed by atoms with E-state index >= 15 is 0 Å². The highest BCUT2D eigenvalue weighted by Crippen LogP contribution is 2.50. The number of hydrogen-bond donors (Lipinski definition) is 1. The van der Waals surface area contributed by atoms with E-state index in [-0.39, 0.29) is 24.2 Å². The van der Waals surface area contributed by atoms with Crippen LogP contribution < -0.4 is 0 Å². The maximum atomic E-state index is 9.77. The van der Waals surface area contributed by atoms with E-state index in [1.165, 1.54) is 12.0 Å². The third kappa shape index (κ3) is 1.78. The van der Waals surface area contributed by atoms with Crippen molar-refractivity contribution in [1.82, 2.24) is 5.06 Å². The van der Waals surface area contributed by atoms with Crippen molar-refractivity contribution in [3.8, 4) is 0 Å². The first kappa shape index (κ1) is 12.2. The van der Waals surface area contributed by atoms with Crippen molar-refractivity contribution < 1.29 is 9.94 Å². The molecule has 1 aliphatic carbocycles. The van der Waals surface area contributed by atoms with Crippen molar-refractivity contribution in [1.29, 1.82) is 0 Å². The minimum Gasteiger partial charge on any atom is -0.396 e. The minimum atomic E-state index is -0.0330. The van der Waals surface area contributed by atoms with Gasteiger partial charge < -0.3 is 5.11 Å². The summed E-state index contributed by atoms with van der Waals surface area (Å²) in [6.07, 6.45) is 3.55. The molecule has 0 aromatic heterocycles. The van der Waals surface area contributed by atoms with Gasteiger partial charge in [-0.15, -0.1) is 0 Å². The Hall–Kier alpha value is -0.900. The number of benzene rings is 1. The molecule has 3 atom stereocenters. The van der Waals surface area contributed by atoms with Gasteiger partial charge >= 0.3 is 0 Å². The number of hydroxylamine groups is 2. The van der Waals surface area contributed by atoms with Gasteiger partial charge in [-0.25, -0.2) is 0 Å². The fraction of sp³-hybridized carbons (Fsp3) is 0.600. The molecule has 2 fully saturated rings. The van der Waals surface area contributed by atoms with Gasteiger partial charge in [-0.2, -0.15) is 5.06 Å². The van der Waals surface area contributed by atoms with Crippen molar-refractivity contribution in [2.24, 2.45) is 5.41 Å². The molecule has 1 saturated carbocycles. The highest BCUT2D eigenvalue weighted by molar-refractivity contribution is 5.15. The van der Waals surface area contributed by atoms with Gasteiger partial charge in [0, 0.05) is 18.0 Å². The lowest BCUT2D eigenvalue weighted by Crippen LogP contribution is -2.40. The molecule has 0 bridgehead atoms. The van der Waals surface area contributed by atoms with Gasteiger partial charge in [0.15, 0.2) is 0 Å². The van der Waals surface area contributed by atoms with Crippen molar-refractivity contribution in [2.75, 3.05) is 6.61 Å². The van der Waals surface area contributed by atoms with Crippen LogP contribution in [-0.2, 0) is 11.4 Å². The molecular weight excluding hydrogens is 226 g/mol. The Kier molecular flexibility index (Phi) is 3.14. The molecule has 0 amide bonds. The third-order valence-electron chi connectivity index (χ3n) is 4.75. The Morgan fingerprint density at radius 2 is 2.17 bits per heavy atom. The molecule has 3 heteroatoms. The lowest BCUT2D eigenvalue weighted by Gasteiger charge is -2.30. The quantitative estimate of drug-likeness (QED) is 0.890. The van der Waals surface area contributed by atoms with E-state index in [4.69, 9.17) is 4.84 Å². The summed E-state index contributed by atoms with van der Waals surface area (Å²) in [4.78, 5) is 6.07. The Morgan fingerprint density at radius 1 is 1.39 bits per heavy atom. The number of hydrogen-bond acceptors (Lipinski definition) is 3. The average molecular weight is 247 g/mol. The second-order valence-electron chi connectivity index (χ2n) is 5.61. The number of nitrogens with zero attached hydrogens (tertiary/aromatic N) is 1. The van der Waals surface area contributed by atoms with Crippen molar-refractivity contribution in [3.63, 3.8) is 0 Å². The lowest BCUT2D eigenvalue weighted by molar-refractivity contribution is -0.168. The van der Waals surface area contributed by atoms with Crippen LogP contribution in [0.3, 0.4) is 0 Å². The third-order valence-corrected chi connectivity index (χ3v) is 4.75. The zero-order valence-electron chi connectivity index (χ0n) is 10.9.